The highest BCUT2D eigenvalue weighted by molar-refractivity contribution is 7.99. The molecule has 0 saturated heterocycles. The molecule has 2 rings (SSSR count). The fraction of sp³-hybridized carbons (Fsp3) is 0.500. The third-order valence-corrected chi connectivity index (χ3v) is 5.51. The lowest BCUT2D eigenvalue weighted by Crippen LogP contribution is -2.06. The van der Waals surface area contributed by atoms with Gasteiger partial charge in [0.15, 0.2) is 0 Å². The number of aryl methyl sites for hydroxylation is 2. The van der Waals surface area contributed by atoms with Gasteiger partial charge in [0.2, 0.25) is 0 Å². The Morgan fingerprint density at radius 1 is 1.00 bits per heavy atom. The first kappa shape index (κ1) is 19.6. The van der Waals surface area contributed by atoms with E-state index >= 15 is 0 Å². The minimum Gasteiger partial charge on any atom is -0.497 e. The average Bonchev–Trinajstić information content (AvgIpc) is 2.66. The third-order valence-electron chi connectivity index (χ3n) is 4.22. The van der Waals surface area contributed by atoms with Crippen LogP contribution in [0.4, 0.5) is 0 Å². The van der Waals surface area contributed by atoms with E-state index in [0.29, 0.717) is 5.25 Å². The van der Waals surface area contributed by atoms with E-state index in [1.54, 1.807) is 14.2 Å². The lowest BCUT2D eigenvalue weighted by molar-refractivity contribution is 0.395. The van der Waals surface area contributed by atoms with Gasteiger partial charge in [-0.2, -0.15) is 0 Å². The van der Waals surface area contributed by atoms with Crippen LogP contribution in [-0.4, -0.2) is 29.4 Å². The second-order valence-corrected chi connectivity index (χ2v) is 7.31. The van der Waals surface area contributed by atoms with Crippen LogP contribution in [0.5, 0.6) is 11.5 Å². The number of nitrogens with zero attached hydrogens (tertiary/aromatic N) is 2. The summed E-state index contributed by atoms with van der Waals surface area (Å²) in [4.78, 5) is 9.94. The second-order valence-electron chi connectivity index (χ2n) is 5.88. The van der Waals surface area contributed by atoms with Crippen molar-refractivity contribution in [2.24, 2.45) is 0 Å². The summed E-state index contributed by atoms with van der Waals surface area (Å²) in [6, 6.07) is 5.83. The van der Waals surface area contributed by atoms with Gasteiger partial charge in [0.05, 0.1) is 31.3 Å². The van der Waals surface area contributed by atoms with Gasteiger partial charge in [-0.1, -0.05) is 27.7 Å². The molecule has 0 fully saturated rings. The van der Waals surface area contributed by atoms with Gasteiger partial charge in [0.1, 0.15) is 16.5 Å². The number of hydrogen-bond donors (Lipinski definition) is 0. The zero-order valence-electron chi connectivity index (χ0n) is 16.0. The molecule has 5 heteroatoms. The maximum Gasteiger partial charge on any atom is 0.132 e. The molecule has 2 aromatic rings. The van der Waals surface area contributed by atoms with Crippen molar-refractivity contribution in [3.8, 4) is 22.8 Å². The first-order valence-corrected chi connectivity index (χ1v) is 9.74. The van der Waals surface area contributed by atoms with Gasteiger partial charge < -0.3 is 9.47 Å². The smallest absolute Gasteiger partial charge is 0.132 e. The summed E-state index contributed by atoms with van der Waals surface area (Å²) in [6.07, 6.45) is 2.81. The third kappa shape index (κ3) is 4.46. The number of rotatable bonds is 8. The molecule has 0 radical (unpaired) electrons. The Kier molecular flexibility index (Phi) is 7.12. The summed E-state index contributed by atoms with van der Waals surface area (Å²) in [5, 5.41) is 1.59. The monoisotopic (exact) mass is 360 g/mol. The minimum absolute atomic E-state index is 0.533. The molecule has 0 aliphatic heterocycles. The number of aromatic nitrogens is 2. The van der Waals surface area contributed by atoms with E-state index in [-0.39, 0.29) is 0 Å². The Bertz CT molecular complexity index is 719. The van der Waals surface area contributed by atoms with Crippen molar-refractivity contribution in [3.05, 3.63) is 29.6 Å². The molecule has 25 heavy (non-hydrogen) atoms. The molecule has 0 spiro atoms. The zero-order valence-corrected chi connectivity index (χ0v) is 16.9. The topological polar surface area (TPSA) is 44.2 Å². The second kappa shape index (κ2) is 9.09. The summed E-state index contributed by atoms with van der Waals surface area (Å²) >= 11 is 1.82. The van der Waals surface area contributed by atoms with E-state index in [2.05, 4.69) is 27.7 Å². The Morgan fingerprint density at radius 2 is 1.72 bits per heavy atom. The molecule has 1 aromatic carbocycles. The fourth-order valence-corrected chi connectivity index (χ4v) is 3.58. The molecule has 0 N–H and O–H groups in total. The predicted octanol–water partition coefficient (Wildman–Crippen LogP) is 5.18. The van der Waals surface area contributed by atoms with Crippen LogP contribution < -0.4 is 9.47 Å². The first-order chi connectivity index (χ1) is 12.1. The Morgan fingerprint density at radius 3 is 2.28 bits per heavy atom. The van der Waals surface area contributed by atoms with Crippen LogP contribution in [0.15, 0.2) is 23.2 Å². The maximum absolute atomic E-state index is 5.57. The van der Waals surface area contributed by atoms with Gasteiger partial charge in [0, 0.05) is 16.9 Å². The summed E-state index contributed by atoms with van der Waals surface area (Å²) in [6.45, 7) is 8.68. The molecule has 1 heterocycles. The molecular weight excluding hydrogens is 332 g/mol. The molecule has 0 aliphatic rings. The highest BCUT2D eigenvalue weighted by Crippen LogP contribution is 2.36. The molecule has 0 amide bonds. The molecule has 4 nitrogen and oxygen atoms in total. The number of thioether (sulfide) groups is 1. The van der Waals surface area contributed by atoms with E-state index in [1.807, 2.05) is 30.0 Å². The van der Waals surface area contributed by atoms with E-state index in [9.17, 15) is 0 Å². The number of benzene rings is 1. The standard InChI is InChI=1S/C20H28N2O2S/c1-7-13(4)25-20-17(9-3)21-19(16(8-2)22-20)15-11-10-14(23-5)12-18(15)24-6/h10-13H,7-9H2,1-6H3. The highest BCUT2D eigenvalue weighted by Gasteiger charge is 2.18. The van der Waals surface area contributed by atoms with Crippen LogP contribution in [-0.2, 0) is 12.8 Å². The Balaban J connectivity index is 2.58. The lowest BCUT2D eigenvalue weighted by atomic mass is 10.1. The van der Waals surface area contributed by atoms with E-state index in [1.165, 1.54) is 0 Å². The molecule has 136 valence electrons. The fourth-order valence-electron chi connectivity index (χ4n) is 2.54. The predicted molar refractivity (Wildman–Crippen MR) is 105 cm³/mol. The van der Waals surface area contributed by atoms with Crippen LogP contribution in [0.2, 0.25) is 0 Å². The largest absolute Gasteiger partial charge is 0.497 e. The number of hydrogen-bond acceptors (Lipinski definition) is 5. The number of ether oxygens (including phenoxy) is 2. The minimum atomic E-state index is 0.533. The molecule has 1 aromatic heterocycles. The normalized spacial score (nSPS) is 12.1. The van der Waals surface area contributed by atoms with E-state index < -0.39 is 0 Å². The molecule has 0 aliphatic carbocycles. The van der Waals surface area contributed by atoms with Crippen molar-refractivity contribution >= 4 is 11.8 Å². The quantitative estimate of drug-likeness (QED) is 0.607. The van der Waals surface area contributed by atoms with Crippen LogP contribution in [0.25, 0.3) is 11.3 Å². The first-order valence-electron chi connectivity index (χ1n) is 8.86. The maximum atomic E-state index is 5.57. The molecule has 0 bridgehead atoms. The molecule has 0 saturated carbocycles. The number of methoxy groups -OCH3 is 2. The van der Waals surface area contributed by atoms with Gasteiger partial charge >= 0.3 is 0 Å². The van der Waals surface area contributed by atoms with Gasteiger partial charge in [-0.25, -0.2) is 9.97 Å². The highest BCUT2D eigenvalue weighted by atomic mass is 32.2. The SMILES string of the molecule is CCc1nc(-c2ccc(OC)cc2OC)c(CC)nc1SC(C)CC. The summed E-state index contributed by atoms with van der Waals surface area (Å²) < 4.78 is 10.9. The zero-order chi connectivity index (χ0) is 18.4. The summed E-state index contributed by atoms with van der Waals surface area (Å²) in [5.74, 6) is 1.53. The van der Waals surface area contributed by atoms with Crippen LogP contribution >= 0.6 is 11.8 Å². The van der Waals surface area contributed by atoms with Crippen molar-refractivity contribution in [1.82, 2.24) is 9.97 Å². The summed E-state index contributed by atoms with van der Waals surface area (Å²) in [7, 11) is 3.33. The van der Waals surface area contributed by atoms with Crippen molar-refractivity contribution in [3.63, 3.8) is 0 Å². The lowest BCUT2D eigenvalue weighted by Gasteiger charge is -2.17. The summed E-state index contributed by atoms with van der Waals surface area (Å²) in [5.41, 5.74) is 3.93. The molecule has 1 unspecified atom stereocenters. The van der Waals surface area contributed by atoms with Crippen LogP contribution in [0.3, 0.4) is 0 Å². The van der Waals surface area contributed by atoms with E-state index in [0.717, 1.165) is 58.4 Å². The van der Waals surface area contributed by atoms with Gasteiger partial charge in [-0.05, 0) is 31.4 Å². The van der Waals surface area contributed by atoms with Gasteiger partial charge in [0.25, 0.3) is 0 Å². The van der Waals surface area contributed by atoms with Crippen LogP contribution in [0, 0.1) is 0 Å². The van der Waals surface area contributed by atoms with E-state index in [4.69, 9.17) is 19.4 Å². The molecular formula is C20H28N2O2S. The van der Waals surface area contributed by atoms with Crippen molar-refractivity contribution in [2.45, 2.75) is 57.2 Å². The Hall–Kier alpha value is -1.75. The van der Waals surface area contributed by atoms with Gasteiger partial charge in [-0.15, -0.1) is 11.8 Å². The average molecular weight is 361 g/mol. The molecule has 1 atom stereocenters. The van der Waals surface area contributed by atoms with Crippen molar-refractivity contribution < 1.29 is 9.47 Å². The van der Waals surface area contributed by atoms with Crippen molar-refractivity contribution in [2.75, 3.05) is 14.2 Å². The van der Waals surface area contributed by atoms with Gasteiger partial charge in [-0.3, -0.25) is 0 Å². The van der Waals surface area contributed by atoms with Crippen molar-refractivity contribution in [1.29, 1.82) is 0 Å². The Labute approximate surface area is 155 Å². The van der Waals surface area contributed by atoms with Crippen LogP contribution in [0.1, 0.15) is 45.5 Å².